The third-order valence-electron chi connectivity index (χ3n) is 3.65. The monoisotopic (exact) mass is 412 g/mol. The van der Waals surface area contributed by atoms with E-state index < -0.39 is 25.8 Å². The zero-order valence-electron chi connectivity index (χ0n) is 15.0. The fourth-order valence-corrected chi connectivity index (χ4v) is 3.83. The molecule has 2 N–H and O–H groups in total. The number of anilines is 1. The van der Waals surface area contributed by atoms with Crippen molar-refractivity contribution in [1.82, 2.24) is 4.72 Å². The Bertz CT molecular complexity index is 1050. The molecule has 10 heteroatoms. The molecule has 0 aromatic heterocycles. The fourth-order valence-electron chi connectivity index (χ4n) is 2.21. The van der Waals surface area contributed by atoms with E-state index in [1.807, 2.05) is 0 Å². The van der Waals surface area contributed by atoms with Crippen molar-refractivity contribution in [3.05, 3.63) is 48.0 Å². The van der Waals surface area contributed by atoms with Crippen LogP contribution in [0, 0.1) is 6.92 Å². The average Bonchev–Trinajstić information content (AvgIpc) is 2.61. The Morgan fingerprint density at radius 2 is 1.67 bits per heavy atom. The number of carbonyl (C=O) groups is 1. The molecule has 0 heterocycles. The smallest absolute Gasteiger partial charge is 0.262 e. The van der Waals surface area contributed by atoms with Gasteiger partial charge < -0.3 is 10.1 Å². The second kappa shape index (κ2) is 8.07. The SMILES string of the molecule is CNS(=O)(=O)c1cc(NC(=O)COc2ccc(S(C)(=O)=O)cc2)ccc1C. The second-order valence-electron chi connectivity index (χ2n) is 5.77. The lowest BCUT2D eigenvalue weighted by molar-refractivity contribution is -0.118. The maximum atomic E-state index is 12.0. The summed E-state index contributed by atoms with van der Waals surface area (Å²) in [7, 11) is -5.63. The molecule has 0 aliphatic heterocycles. The maximum absolute atomic E-state index is 12.0. The second-order valence-corrected chi connectivity index (χ2v) is 9.64. The highest BCUT2D eigenvalue weighted by Crippen LogP contribution is 2.20. The molecule has 0 bridgehead atoms. The summed E-state index contributed by atoms with van der Waals surface area (Å²) in [5.41, 5.74) is 0.861. The first kappa shape index (κ1) is 20.9. The van der Waals surface area contributed by atoms with Crippen molar-refractivity contribution in [2.75, 3.05) is 25.2 Å². The van der Waals surface area contributed by atoms with E-state index in [0.29, 0.717) is 17.0 Å². The molecule has 0 aliphatic carbocycles. The van der Waals surface area contributed by atoms with E-state index in [-0.39, 0.29) is 16.4 Å². The van der Waals surface area contributed by atoms with Crippen LogP contribution in [0.4, 0.5) is 5.69 Å². The Morgan fingerprint density at radius 1 is 1.04 bits per heavy atom. The summed E-state index contributed by atoms with van der Waals surface area (Å²) in [4.78, 5) is 12.3. The van der Waals surface area contributed by atoms with Crippen molar-refractivity contribution in [2.45, 2.75) is 16.7 Å². The molecular weight excluding hydrogens is 392 g/mol. The number of sulfonamides is 1. The third-order valence-corrected chi connectivity index (χ3v) is 6.34. The number of rotatable bonds is 7. The highest BCUT2D eigenvalue weighted by Gasteiger charge is 2.16. The molecule has 146 valence electrons. The first-order chi connectivity index (χ1) is 12.5. The lowest BCUT2D eigenvalue weighted by Crippen LogP contribution is -2.22. The molecule has 27 heavy (non-hydrogen) atoms. The minimum Gasteiger partial charge on any atom is -0.484 e. The molecule has 1 amide bonds. The Hall–Kier alpha value is -2.43. The zero-order valence-corrected chi connectivity index (χ0v) is 16.6. The highest BCUT2D eigenvalue weighted by atomic mass is 32.2. The largest absolute Gasteiger partial charge is 0.484 e. The van der Waals surface area contributed by atoms with Gasteiger partial charge in [-0.15, -0.1) is 0 Å². The Balaban J connectivity index is 2.03. The van der Waals surface area contributed by atoms with Crippen molar-refractivity contribution in [3.8, 4) is 5.75 Å². The summed E-state index contributed by atoms with van der Waals surface area (Å²) < 4.78 is 54.3. The van der Waals surface area contributed by atoms with Crippen LogP contribution in [-0.2, 0) is 24.7 Å². The van der Waals surface area contributed by atoms with Crippen LogP contribution in [0.3, 0.4) is 0 Å². The van der Waals surface area contributed by atoms with Gasteiger partial charge in [-0.05, 0) is 55.9 Å². The molecular formula is C17H20N2O6S2. The Labute approximate surface area is 158 Å². The molecule has 2 aromatic carbocycles. The molecule has 0 saturated heterocycles. The van der Waals surface area contributed by atoms with Gasteiger partial charge in [-0.3, -0.25) is 4.79 Å². The lowest BCUT2D eigenvalue weighted by Gasteiger charge is -2.11. The van der Waals surface area contributed by atoms with Crippen LogP contribution < -0.4 is 14.8 Å². The predicted octanol–water partition coefficient (Wildman–Crippen LogP) is 1.32. The number of carbonyl (C=O) groups excluding carboxylic acids is 1. The minimum absolute atomic E-state index is 0.0695. The standard InChI is InChI=1S/C17H20N2O6S2/c1-12-4-5-13(10-16(12)27(23,24)18-2)19-17(20)11-25-14-6-8-15(9-7-14)26(3,21)22/h4-10,18H,11H2,1-3H3,(H,19,20). The van der Waals surface area contributed by atoms with Gasteiger partial charge in [0.1, 0.15) is 5.75 Å². The van der Waals surface area contributed by atoms with Gasteiger partial charge in [0.05, 0.1) is 9.79 Å². The normalized spacial score (nSPS) is 11.8. The number of hydrogen-bond donors (Lipinski definition) is 2. The number of hydrogen-bond acceptors (Lipinski definition) is 6. The number of aryl methyl sites for hydroxylation is 1. The first-order valence-corrected chi connectivity index (χ1v) is 11.2. The van der Waals surface area contributed by atoms with Gasteiger partial charge in [0.15, 0.2) is 16.4 Å². The topological polar surface area (TPSA) is 119 Å². The number of nitrogens with one attached hydrogen (secondary N) is 2. The van der Waals surface area contributed by atoms with Crippen molar-refractivity contribution < 1.29 is 26.4 Å². The van der Waals surface area contributed by atoms with Crippen molar-refractivity contribution in [2.24, 2.45) is 0 Å². The van der Waals surface area contributed by atoms with Crippen LogP contribution in [0.5, 0.6) is 5.75 Å². The van der Waals surface area contributed by atoms with Crippen molar-refractivity contribution in [1.29, 1.82) is 0 Å². The van der Waals surface area contributed by atoms with E-state index in [1.165, 1.54) is 37.4 Å². The van der Waals surface area contributed by atoms with Crippen LogP contribution >= 0.6 is 0 Å². The van der Waals surface area contributed by atoms with Crippen LogP contribution in [-0.4, -0.2) is 42.7 Å². The van der Waals surface area contributed by atoms with Gasteiger partial charge in [-0.2, -0.15) is 0 Å². The number of ether oxygens (including phenoxy) is 1. The first-order valence-electron chi connectivity index (χ1n) is 7.80. The molecule has 8 nitrogen and oxygen atoms in total. The molecule has 0 saturated carbocycles. The van der Waals surface area contributed by atoms with E-state index >= 15 is 0 Å². The lowest BCUT2D eigenvalue weighted by atomic mass is 10.2. The minimum atomic E-state index is -3.64. The van der Waals surface area contributed by atoms with Crippen LogP contribution in [0.2, 0.25) is 0 Å². The van der Waals surface area contributed by atoms with Crippen LogP contribution in [0.1, 0.15) is 5.56 Å². The van der Waals surface area contributed by atoms with Crippen LogP contribution in [0.15, 0.2) is 52.3 Å². The quantitative estimate of drug-likeness (QED) is 0.708. The summed E-state index contributed by atoms with van der Waals surface area (Å²) in [6, 6.07) is 10.2. The fraction of sp³-hybridized carbons (Fsp3) is 0.235. The molecule has 0 atom stereocenters. The number of amides is 1. The molecule has 0 aliphatic rings. The van der Waals surface area contributed by atoms with Gasteiger partial charge in [0, 0.05) is 11.9 Å². The summed E-state index contributed by atoms with van der Waals surface area (Å²) in [6.45, 7) is 1.33. The van der Waals surface area contributed by atoms with E-state index in [1.54, 1.807) is 19.1 Å². The Morgan fingerprint density at radius 3 is 2.22 bits per heavy atom. The van der Waals surface area contributed by atoms with E-state index in [4.69, 9.17) is 4.74 Å². The summed E-state index contributed by atoms with van der Waals surface area (Å²) in [5.74, 6) is -0.154. The van der Waals surface area contributed by atoms with E-state index in [9.17, 15) is 21.6 Å². The van der Waals surface area contributed by atoms with Crippen molar-refractivity contribution in [3.63, 3.8) is 0 Å². The van der Waals surface area contributed by atoms with Crippen molar-refractivity contribution >= 4 is 31.5 Å². The van der Waals surface area contributed by atoms with Gasteiger partial charge in [-0.25, -0.2) is 21.6 Å². The number of sulfone groups is 1. The highest BCUT2D eigenvalue weighted by molar-refractivity contribution is 7.90. The van der Waals surface area contributed by atoms with Gasteiger partial charge >= 0.3 is 0 Å². The van der Waals surface area contributed by atoms with Crippen LogP contribution in [0.25, 0.3) is 0 Å². The molecule has 2 aromatic rings. The predicted molar refractivity (Wildman–Crippen MR) is 101 cm³/mol. The van der Waals surface area contributed by atoms with Gasteiger partial charge in [0.2, 0.25) is 10.0 Å². The van der Waals surface area contributed by atoms with Gasteiger partial charge in [0.25, 0.3) is 5.91 Å². The zero-order chi connectivity index (χ0) is 20.2. The molecule has 0 fully saturated rings. The number of benzene rings is 2. The summed E-state index contributed by atoms with van der Waals surface area (Å²) >= 11 is 0. The van der Waals surface area contributed by atoms with E-state index in [0.717, 1.165) is 6.26 Å². The summed E-state index contributed by atoms with van der Waals surface area (Å²) in [5, 5.41) is 2.56. The Kier molecular flexibility index (Phi) is 6.24. The maximum Gasteiger partial charge on any atom is 0.262 e. The van der Waals surface area contributed by atoms with Gasteiger partial charge in [-0.1, -0.05) is 6.07 Å². The third kappa shape index (κ3) is 5.52. The molecule has 0 radical (unpaired) electrons. The summed E-state index contributed by atoms with van der Waals surface area (Å²) in [6.07, 6.45) is 1.10. The molecule has 0 unspecified atom stereocenters. The van der Waals surface area contributed by atoms with E-state index in [2.05, 4.69) is 10.0 Å². The molecule has 2 rings (SSSR count). The molecule has 0 spiro atoms. The average molecular weight is 412 g/mol.